The maximum absolute atomic E-state index is 8.97. The van der Waals surface area contributed by atoms with Crippen molar-refractivity contribution in [1.29, 1.82) is 0 Å². The zero-order chi connectivity index (χ0) is 8.97. The SMILES string of the molecule is CCCC(N)c1ccc(O)cn1. The van der Waals surface area contributed by atoms with Crippen LogP contribution in [0.25, 0.3) is 0 Å². The summed E-state index contributed by atoms with van der Waals surface area (Å²) in [6, 6.07) is 3.36. The van der Waals surface area contributed by atoms with Gasteiger partial charge in [0.05, 0.1) is 11.9 Å². The zero-order valence-electron chi connectivity index (χ0n) is 7.20. The molecule has 66 valence electrons. The number of nitrogens with zero attached hydrogens (tertiary/aromatic N) is 1. The van der Waals surface area contributed by atoms with Gasteiger partial charge in [0.2, 0.25) is 0 Å². The molecule has 0 saturated heterocycles. The standard InChI is InChI=1S/C9H14N2O/c1-2-3-8(10)9-5-4-7(12)6-11-9/h4-6,8,12H,2-3,10H2,1H3. The lowest BCUT2D eigenvalue weighted by atomic mass is 10.1. The third-order valence-electron chi connectivity index (χ3n) is 1.75. The summed E-state index contributed by atoms with van der Waals surface area (Å²) in [6.07, 6.45) is 3.40. The minimum absolute atomic E-state index is 0.00407. The number of hydrogen-bond acceptors (Lipinski definition) is 3. The average Bonchev–Trinajstić information content (AvgIpc) is 2.06. The van der Waals surface area contributed by atoms with Gasteiger partial charge in [-0.3, -0.25) is 4.98 Å². The molecule has 3 nitrogen and oxygen atoms in total. The molecule has 0 aliphatic heterocycles. The highest BCUT2D eigenvalue weighted by Gasteiger charge is 2.04. The van der Waals surface area contributed by atoms with Gasteiger partial charge in [0.25, 0.3) is 0 Å². The Kier molecular flexibility index (Phi) is 3.05. The van der Waals surface area contributed by atoms with Gasteiger partial charge in [-0.15, -0.1) is 0 Å². The van der Waals surface area contributed by atoms with E-state index in [-0.39, 0.29) is 11.8 Å². The Morgan fingerprint density at radius 1 is 1.58 bits per heavy atom. The predicted molar refractivity (Wildman–Crippen MR) is 47.7 cm³/mol. The molecule has 1 unspecified atom stereocenters. The molecule has 1 aromatic heterocycles. The van der Waals surface area contributed by atoms with Crippen molar-refractivity contribution in [1.82, 2.24) is 4.98 Å². The molecule has 12 heavy (non-hydrogen) atoms. The minimum atomic E-state index is -0.00407. The fourth-order valence-electron chi connectivity index (χ4n) is 1.08. The largest absolute Gasteiger partial charge is 0.506 e. The van der Waals surface area contributed by atoms with E-state index in [0.29, 0.717) is 0 Å². The molecule has 0 fully saturated rings. The van der Waals surface area contributed by atoms with Gasteiger partial charge < -0.3 is 10.8 Å². The van der Waals surface area contributed by atoms with Crippen molar-refractivity contribution in [2.75, 3.05) is 0 Å². The van der Waals surface area contributed by atoms with Crippen LogP contribution in [0.15, 0.2) is 18.3 Å². The summed E-state index contributed by atoms with van der Waals surface area (Å²) in [7, 11) is 0. The highest BCUT2D eigenvalue weighted by Crippen LogP contribution is 2.15. The van der Waals surface area contributed by atoms with Crippen LogP contribution >= 0.6 is 0 Å². The lowest BCUT2D eigenvalue weighted by Crippen LogP contribution is -2.10. The smallest absolute Gasteiger partial charge is 0.133 e. The number of aromatic nitrogens is 1. The van der Waals surface area contributed by atoms with Gasteiger partial charge in [-0.1, -0.05) is 13.3 Å². The Labute approximate surface area is 72.2 Å². The minimum Gasteiger partial charge on any atom is -0.506 e. The number of hydrogen-bond donors (Lipinski definition) is 2. The van der Waals surface area contributed by atoms with E-state index in [1.807, 2.05) is 0 Å². The summed E-state index contributed by atoms with van der Waals surface area (Å²) in [5.41, 5.74) is 6.65. The second-order valence-electron chi connectivity index (χ2n) is 2.84. The predicted octanol–water partition coefficient (Wildman–Crippen LogP) is 1.59. The lowest BCUT2D eigenvalue weighted by molar-refractivity contribution is 0.471. The second-order valence-corrected chi connectivity index (χ2v) is 2.84. The molecule has 0 aliphatic rings. The van der Waals surface area contributed by atoms with Crippen molar-refractivity contribution < 1.29 is 5.11 Å². The summed E-state index contributed by atoms with van der Waals surface area (Å²) in [4.78, 5) is 4.02. The normalized spacial score (nSPS) is 12.8. The molecule has 0 aliphatic carbocycles. The van der Waals surface area contributed by atoms with Gasteiger partial charge in [-0.05, 0) is 18.6 Å². The summed E-state index contributed by atoms with van der Waals surface area (Å²) < 4.78 is 0. The van der Waals surface area contributed by atoms with Gasteiger partial charge in [0.1, 0.15) is 5.75 Å². The highest BCUT2D eigenvalue weighted by molar-refractivity contribution is 5.19. The molecule has 3 N–H and O–H groups in total. The van der Waals surface area contributed by atoms with Crippen LogP contribution < -0.4 is 5.73 Å². The monoisotopic (exact) mass is 166 g/mol. The molecule has 0 aromatic carbocycles. The Morgan fingerprint density at radius 3 is 2.83 bits per heavy atom. The van der Waals surface area contributed by atoms with Gasteiger partial charge in [0, 0.05) is 6.04 Å². The molecule has 0 spiro atoms. The summed E-state index contributed by atoms with van der Waals surface area (Å²) >= 11 is 0. The maximum atomic E-state index is 8.97. The molecule has 0 radical (unpaired) electrons. The van der Waals surface area contributed by atoms with Crippen LogP contribution in [0.3, 0.4) is 0 Å². The van der Waals surface area contributed by atoms with Crippen molar-refractivity contribution in [2.45, 2.75) is 25.8 Å². The lowest BCUT2D eigenvalue weighted by Gasteiger charge is -2.08. The van der Waals surface area contributed by atoms with Crippen LogP contribution in [0, 0.1) is 0 Å². The van der Waals surface area contributed by atoms with Crippen LogP contribution in [-0.4, -0.2) is 10.1 Å². The topological polar surface area (TPSA) is 59.1 Å². The first-order valence-electron chi connectivity index (χ1n) is 4.14. The number of aromatic hydroxyl groups is 1. The summed E-state index contributed by atoms with van der Waals surface area (Å²) in [6.45, 7) is 2.08. The first-order valence-corrected chi connectivity index (χ1v) is 4.14. The van der Waals surface area contributed by atoms with Crippen LogP contribution in [0.2, 0.25) is 0 Å². The van der Waals surface area contributed by atoms with E-state index in [1.165, 1.54) is 6.20 Å². The molecule has 0 saturated carbocycles. The van der Waals surface area contributed by atoms with Crippen LogP contribution in [-0.2, 0) is 0 Å². The Balaban J connectivity index is 2.68. The van der Waals surface area contributed by atoms with E-state index in [1.54, 1.807) is 12.1 Å². The van der Waals surface area contributed by atoms with Crippen molar-refractivity contribution in [3.05, 3.63) is 24.0 Å². The van der Waals surface area contributed by atoms with E-state index in [0.717, 1.165) is 18.5 Å². The van der Waals surface area contributed by atoms with Gasteiger partial charge in [0.15, 0.2) is 0 Å². The first-order chi connectivity index (χ1) is 5.74. The van der Waals surface area contributed by atoms with Crippen LogP contribution in [0.4, 0.5) is 0 Å². The third-order valence-corrected chi connectivity index (χ3v) is 1.75. The Bertz CT molecular complexity index is 233. The first kappa shape index (κ1) is 9.00. The molecular formula is C9H14N2O. The molecule has 3 heteroatoms. The number of rotatable bonds is 3. The number of pyridine rings is 1. The molecule has 1 aromatic rings. The fraction of sp³-hybridized carbons (Fsp3) is 0.444. The maximum Gasteiger partial charge on any atom is 0.133 e. The van der Waals surface area contributed by atoms with Crippen molar-refractivity contribution >= 4 is 0 Å². The van der Waals surface area contributed by atoms with Gasteiger partial charge in [-0.2, -0.15) is 0 Å². The Hall–Kier alpha value is -1.09. The van der Waals surface area contributed by atoms with Crippen molar-refractivity contribution in [3.8, 4) is 5.75 Å². The van der Waals surface area contributed by atoms with Gasteiger partial charge in [-0.25, -0.2) is 0 Å². The fourth-order valence-corrected chi connectivity index (χ4v) is 1.08. The van der Waals surface area contributed by atoms with Crippen molar-refractivity contribution in [3.63, 3.8) is 0 Å². The zero-order valence-corrected chi connectivity index (χ0v) is 7.20. The molecule has 1 rings (SSSR count). The molecule has 0 amide bonds. The molecule has 1 atom stereocenters. The highest BCUT2D eigenvalue weighted by atomic mass is 16.3. The van der Waals surface area contributed by atoms with E-state index in [4.69, 9.17) is 10.8 Å². The van der Waals surface area contributed by atoms with Gasteiger partial charge >= 0.3 is 0 Å². The quantitative estimate of drug-likeness (QED) is 0.716. The third kappa shape index (κ3) is 2.20. The molecule has 1 heterocycles. The Morgan fingerprint density at radius 2 is 2.33 bits per heavy atom. The van der Waals surface area contributed by atoms with E-state index in [9.17, 15) is 0 Å². The van der Waals surface area contributed by atoms with E-state index >= 15 is 0 Å². The van der Waals surface area contributed by atoms with Crippen molar-refractivity contribution in [2.24, 2.45) is 5.73 Å². The van der Waals surface area contributed by atoms with Crippen LogP contribution in [0.1, 0.15) is 31.5 Å². The average molecular weight is 166 g/mol. The van der Waals surface area contributed by atoms with E-state index in [2.05, 4.69) is 11.9 Å². The summed E-state index contributed by atoms with van der Waals surface area (Å²) in [5, 5.41) is 8.97. The molecular weight excluding hydrogens is 152 g/mol. The van der Waals surface area contributed by atoms with E-state index < -0.39 is 0 Å². The number of nitrogens with two attached hydrogens (primary N) is 1. The van der Waals surface area contributed by atoms with Crippen LogP contribution in [0.5, 0.6) is 5.75 Å². The summed E-state index contributed by atoms with van der Waals surface area (Å²) in [5.74, 6) is 0.183. The second kappa shape index (κ2) is 4.07. The molecule has 0 bridgehead atoms.